The molecule has 0 amide bonds. The largest absolute Gasteiger partial charge is 0.404 e. The predicted molar refractivity (Wildman–Crippen MR) is 117 cm³/mol. The second kappa shape index (κ2) is 8.51. The molecule has 0 saturated carbocycles. The Kier molecular flexibility index (Phi) is 5.84. The number of alkyl halides is 3. The van der Waals surface area contributed by atoms with E-state index in [1.54, 1.807) is 15.4 Å². The van der Waals surface area contributed by atoms with E-state index in [0.29, 0.717) is 23.5 Å². The summed E-state index contributed by atoms with van der Waals surface area (Å²) < 4.78 is 66.5. The van der Waals surface area contributed by atoms with Gasteiger partial charge in [0.2, 0.25) is 16.0 Å². The zero-order valence-corrected chi connectivity index (χ0v) is 18.7. The number of nitrogens with one attached hydrogen (secondary N) is 1. The van der Waals surface area contributed by atoms with E-state index < -0.39 is 27.1 Å². The van der Waals surface area contributed by atoms with Crippen molar-refractivity contribution < 1.29 is 21.6 Å². The van der Waals surface area contributed by atoms with Crippen molar-refractivity contribution in [3.63, 3.8) is 0 Å². The Labute approximate surface area is 192 Å². The Hall–Kier alpha value is -3.82. The smallest absolute Gasteiger partial charge is 0.275 e. The molecule has 12 heteroatoms. The lowest BCUT2D eigenvalue weighted by Crippen LogP contribution is -2.42. The first kappa shape index (κ1) is 23.3. The van der Waals surface area contributed by atoms with Gasteiger partial charge in [-0.1, -0.05) is 11.6 Å². The van der Waals surface area contributed by atoms with Crippen LogP contribution in [0.3, 0.4) is 0 Å². The summed E-state index contributed by atoms with van der Waals surface area (Å²) in [6.45, 7) is 2.59. The fourth-order valence-corrected chi connectivity index (χ4v) is 4.60. The Morgan fingerprint density at radius 1 is 1.12 bits per heavy atom. The van der Waals surface area contributed by atoms with Gasteiger partial charge in [-0.2, -0.15) is 23.2 Å². The van der Waals surface area contributed by atoms with Crippen LogP contribution in [0.4, 0.5) is 13.2 Å². The Morgan fingerprint density at radius 2 is 1.82 bits per heavy atom. The number of nitrogens with zero attached hydrogens (tertiary/aromatic N) is 5. The van der Waals surface area contributed by atoms with Crippen molar-refractivity contribution in [2.45, 2.75) is 31.0 Å². The molecule has 1 N–H and O–H groups in total. The molecule has 4 rings (SSSR count). The van der Waals surface area contributed by atoms with Gasteiger partial charge >= 0.3 is 6.18 Å². The summed E-state index contributed by atoms with van der Waals surface area (Å²) in [5.74, 6) is 0.270. The van der Waals surface area contributed by atoms with Crippen molar-refractivity contribution in [3.8, 4) is 23.4 Å². The van der Waals surface area contributed by atoms with Gasteiger partial charge in [0.25, 0.3) is 0 Å². The van der Waals surface area contributed by atoms with Gasteiger partial charge in [-0.3, -0.25) is 9.55 Å². The Balaban J connectivity index is 1.87. The number of hydrogen-bond donors (Lipinski definition) is 1. The lowest BCUT2D eigenvalue weighted by molar-refractivity contribution is -0.147. The number of hydrogen-bond acceptors (Lipinski definition) is 6. The number of pyridine rings is 1. The van der Waals surface area contributed by atoms with E-state index in [4.69, 9.17) is 0 Å². The maximum Gasteiger partial charge on any atom is 0.404 e. The topological polar surface area (TPSA) is 114 Å². The first-order chi connectivity index (χ1) is 16.0. The summed E-state index contributed by atoms with van der Waals surface area (Å²) in [6, 6.07) is 9.50. The second-order valence-electron chi connectivity index (χ2n) is 7.50. The minimum absolute atomic E-state index is 0.223. The highest BCUT2D eigenvalue weighted by molar-refractivity contribution is 7.89. The number of aromatic nitrogens is 4. The van der Waals surface area contributed by atoms with Gasteiger partial charge in [-0.05, 0) is 44.2 Å². The fraction of sp³-hybridized carbons (Fsp3) is 0.182. The van der Waals surface area contributed by atoms with Crippen molar-refractivity contribution >= 4 is 20.9 Å². The number of halogens is 3. The minimum atomic E-state index is -4.74. The second-order valence-corrected chi connectivity index (χ2v) is 9.22. The molecular formula is C22H17F3N6O2S. The van der Waals surface area contributed by atoms with Crippen molar-refractivity contribution in [3.05, 3.63) is 66.1 Å². The number of sulfonamides is 1. The zero-order chi connectivity index (χ0) is 24.7. The number of nitriles is 1. The van der Waals surface area contributed by atoms with Crippen LogP contribution < -0.4 is 4.72 Å². The minimum Gasteiger partial charge on any atom is -0.275 e. The summed E-state index contributed by atoms with van der Waals surface area (Å²) in [5.41, 5.74) is 2.39. The number of benzene rings is 1. The van der Waals surface area contributed by atoms with Gasteiger partial charge < -0.3 is 0 Å². The summed E-state index contributed by atoms with van der Waals surface area (Å²) in [5, 5.41) is 10.6. The maximum atomic E-state index is 12.8. The van der Waals surface area contributed by atoms with E-state index >= 15 is 0 Å². The average molecular weight is 486 g/mol. The standard InChI is InChI=1S/C22H17F3N6O2S/c1-13-4-7-19-16(10-13)17(11-26)20(31(19)21-27-8-3-9-28-21)18-6-5-15(12-29-18)34(32,33)30-14(2)22(23,24)25/h3-10,12,14,30H,1-2H3/t14-/m0/s1. The van der Waals surface area contributed by atoms with Crippen LogP contribution in [-0.2, 0) is 10.0 Å². The molecule has 174 valence electrons. The van der Waals surface area contributed by atoms with E-state index in [1.165, 1.54) is 18.5 Å². The highest BCUT2D eigenvalue weighted by Gasteiger charge is 2.39. The average Bonchev–Trinajstić information content (AvgIpc) is 3.12. The summed E-state index contributed by atoms with van der Waals surface area (Å²) in [4.78, 5) is 12.3. The zero-order valence-electron chi connectivity index (χ0n) is 17.9. The fourth-order valence-electron chi connectivity index (χ4n) is 3.42. The molecule has 8 nitrogen and oxygen atoms in total. The van der Waals surface area contributed by atoms with Crippen molar-refractivity contribution in [1.82, 2.24) is 24.2 Å². The summed E-state index contributed by atoms with van der Waals surface area (Å²) in [7, 11) is -4.48. The third-order valence-corrected chi connectivity index (χ3v) is 6.62. The van der Waals surface area contributed by atoms with E-state index in [1.807, 2.05) is 25.1 Å². The molecule has 1 atom stereocenters. The monoisotopic (exact) mass is 486 g/mol. The molecule has 3 aromatic heterocycles. The van der Waals surface area contributed by atoms with E-state index in [2.05, 4.69) is 21.0 Å². The highest BCUT2D eigenvalue weighted by Crippen LogP contribution is 2.35. The molecule has 0 spiro atoms. The molecule has 0 bridgehead atoms. The summed E-state index contributed by atoms with van der Waals surface area (Å²) in [6.07, 6.45) is -0.721. The predicted octanol–water partition coefficient (Wildman–Crippen LogP) is 3.89. The van der Waals surface area contributed by atoms with Crippen LogP contribution >= 0.6 is 0 Å². The molecule has 34 heavy (non-hydrogen) atoms. The van der Waals surface area contributed by atoms with Crippen LogP contribution in [0.5, 0.6) is 0 Å². The normalized spacial score (nSPS) is 13.1. The van der Waals surface area contributed by atoms with Crippen LogP contribution in [0, 0.1) is 18.3 Å². The Bertz CT molecular complexity index is 1510. The van der Waals surface area contributed by atoms with Gasteiger partial charge in [0.05, 0.1) is 22.5 Å². The van der Waals surface area contributed by atoms with Gasteiger partial charge in [-0.15, -0.1) is 0 Å². The van der Waals surface area contributed by atoms with Gasteiger partial charge in [0, 0.05) is 24.0 Å². The van der Waals surface area contributed by atoms with Crippen LogP contribution in [0.15, 0.2) is 59.9 Å². The quantitative estimate of drug-likeness (QED) is 0.458. The van der Waals surface area contributed by atoms with Crippen LogP contribution in [-0.4, -0.2) is 40.2 Å². The number of rotatable bonds is 5. The van der Waals surface area contributed by atoms with Gasteiger partial charge in [0.1, 0.15) is 17.0 Å². The van der Waals surface area contributed by atoms with Crippen LogP contribution in [0.2, 0.25) is 0 Å². The number of fused-ring (bicyclic) bond motifs is 1. The molecule has 0 aliphatic heterocycles. The van der Waals surface area contributed by atoms with E-state index in [-0.39, 0.29) is 17.2 Å². The van der Waals surface area contributed by atoms with E-state index in [0.717, 1.165) is 17.8 Å². The molecule has 1 aromatic carbocycles. The summed E-state index contributed by atoms with van der Waals surface area (Å²) >= 11 is 0. The van der Waals surface area contributed by atoms with Crippen molar-refractivity contribution in [1.29, 1.82) is 5.26 Å². The Morgan fingerprint density at radius 3 is 2.41 bits per heavy atom. The molecule has 3 heterocycles. The SMILES string of the molecule is Cc1ccc2c(c1)c(C#N)c(-c1ccc(S(=O)(=O)N[C@@H](C)C(F)(F)F)cn1)n2-c1ncccn1. The lowest BCUT2D eigenvalue weighted by atomic mass is 10.1. The first-order valence-corrected chi connectivity index (χ1v) is 11.4. The first-order valence-electron chi connectivity index (χ1n) is 9.91. The van der Waals surface area contributed by atoms with Gasteiger partial charge in [-0.25, -0.2) is 18.4 Å². The van der Waals surface area contributed by atoms with Crippen LogP contribution in [0.1, 0.15) is 18.1 Å². The molecule has 0 aliphatic carbocycles. The molecule has 0 saturated heterocycles. The number of aryl methyl sites for hydroxylation is 1. The van der Waals surface area contributed by atoms with E-state index in [9.17, 15) is 26.9 Å². The molecular weight excluding hydrogens is 469 g/mol. The van der Waals surface area contributed by atoms with Crippen LogP contribution in [0.25, 0.3) is 28.2 Å². The third kappa shape index (κ3) is 4.23. The van der Waals surface area contributed by atoms with Gasteiger partial charge in [0.15, 0.2) is 0 Å². The van der Waals surface area contributed by atoms with Crippen molar-refractivity contribution in [2.24, 2.45) is 0 Å². The third-order valence-electron chi connectivity index (χ3n) is 5.10. The lowest BCUT2D eigenvalue weighted by Gasteiger charge is -2.17. The molecule has 0 radical (unpaired) electrons. The molecule has 0 fully saturated rings. The molecule has 0 unspecified atom stereocenters. The highest BCUT2D eigenvalue weighted by atomic mass is 32.2. The van der Waals surface area contributed by atoms with Crippen molar-refractivity contribution in [2.75, 3.05) is 0 Å². The molecule has 4 aromatic rings. The molecule has 0 aliphatic rings. The maximum absolute atomic E-state index is 12.8.